The number of anilines is 1. The van der Waals surface area contributed by atoms with E-state index in [9.17, 15) is 18.0 Å². The van der Waals surface area contributed by atoms with Gasteiger partial charge < -0.3 is 10.2 Å². The molecule has 0 radical (unpaired) electrons. The third-order valence-electron chi connectivity index (χ3n) is 7.49. The van der Waals surface area contributed by atoms with E-state index in [0.29, 0.717) is 5.69 Å². The molecule has 0 unspecified atom stereocenters. The Morgan fingerprint density at radius 1 is 0.927 bits per heavy atom. The molecule has 3 aromatic carbocycles. The smallest absolute Gasteiger partial charge is 0.264 e. The molecule has 7 nitrogen and oxygen atoms in total. The van der Waals surface area contributed by atoms with Crippen LogP contribution in [0.2, 0.25) is 0 Å². The predicted octanol–water partition coefficient (Wildman–Crippen LogP) is 6.13. The van der Waals surface area contributed by atoms with Crippen molar-refractivity contribution in [1.29, 1.82) is 0 Å². The average Bonchev–Trinajstić information content (AvgIpc) is 2.95. The zero-order chi connectivity index (χ0) is 29.6. The van der Waals surface area contributed by atoms with Crippen LogP contribution in [0.5, 0.6) is 0 Å². The first kappa shape index (κ1) is 30.8. The summed E-state index contributed by atoms with van der Waals surface area (Å²) in [6.07, 6.45) is 5.16. The lowest BCUT2D eigenvalue weighted by molar-refractivity contribution is -0.139. The number of nitrogens with one attached hydrogen (secondary N) is 1. The molecule has 1 saturated carbocycles. The van der Waals surface area contributed by atoms with Gasteiger partial charge in [0, 0.05) is 17.1 Å². The Labute approximate surface area is 252 Å². The number of aryl methyl sites for hydroxylation is 2. The topological polar surface area (TPSA) is 86.8 Å². The molecule has 4 rings (SSSR count). The van der Waals surface area contributed by atoms with Gasteiger partial charge in [-0.3, -0.25) is 13.9 Å². The van der Waals surface area contributed by atoms with Crippen LogP contribution in [0.3, 0.4) is 0 Å². The molecule has 0 spiro atoms. The highest BCUT2D eigenvalue weighted by molar-refractivity contribution is 9.10. The maximum absolute atomic E-state index is 14.1. The fourth-order valence-electron chi connectivity index (χ4n) is 5.28. The second-order valence-electron chi connectivity index (χ2n) is 10.8. The van der Waals surface area contributed by atoms with E-state index in [2.05, 4.69) is 21.2 Å². The third kappa shape index (κ3) is 7.98. The fourth-order valence-corrected chi connectivity index (χ4v) is 6.96. The average molecular weight is 641 g/mol. The zero-order valence-electron chi connectivity index (χ0n) is 23.8. The molecule has 1 atom stereocenters. The number of rotatable bonds is 10. The molecule has 3 aromatic rings. The van der Waals surface area contributed by atoms with Gasteiger partial charge >= 0.3 is 0 Å². The highest BCUT2D eigenvalue weighted by atomic mass is 79.9. The van der Waals surface area contributed by atoms with E-state index in [4.69, 9.17) is 0 Å². The fraction of sp³-hybridized carbons (Fsp3) is 0.375. The van der Waals surface area contributed by atoms with Crippen LogP contribution in [0.1, 0.15) is 55.7 Å². The monoisotopic (exact) mass is 639 g/mol. The minimum Gasteiger partial charge on any atom is -0.352 e. The zero-order valence-corrected chi connectivity index (χ0v) is 26.2. The van der Waals surface area contributed by atoms with E-state index in [1.165, 1.54) is 23.5 Å². The van der Waals surface area contributed by atoms with E-state index in [1.807, 2.05) is 44.2 Å². The van der Waals surface area contributed by atoms with Gasteiger partial charge in [-0.05, 0) is 86.7 Å². The van der Waals surface area contributed by atoms with Crippen molar-refractivity contribution in [3.63, 3.8) is 0 Å². The second-order valence-corrected chi connectivity index (χ2v) is 13.6. The van der Waals surface area contributed by atoms with Gasteiger partial charge in [-0.1, -0.05) is 71.6 Å². The quantitative estimate of drug-likeness (QED) is 0.289. The van der Waals surface area contributed by atoms with E-state index in [0.717, 1.165) is 51.2 Å². The van der Waals surface area contributed by atoms with Gasteiger partial charge in [-0.15, -0.1) is 0 Å². The van der Waals surface area contributed by atoms with Crippen LogP contribution in [-0.4, -0.2) is 43.8 Å². The van der Waals surface area contributed by atoms with Gasteiger partial charge in [0.15, 0.2) is 0 Å². The summed E-state index contributed by atoms with van der Waals surface area (Å²) in [6, 6.07) is 20.4. The van der Waals surface area contributed by atoms with Crippen LogP contribution in [0, 0.1) is 13.8 Å². The maximum atomic E-state index is 14.1. The number of sulfonamides is 1. The number of carbonyl (C=O) groups excluding carboxylic acids is 2. The molecular formula is C32H38BrN3O4S. The molecule has 1 aliphatic carbocycles. The van der Waals surface area contributed by atoms with E-state index in [-0.39, 0.29) is 23.4 Å². The van der Waals surface area contributed by atoms with Crippen LogP contribution in [0.4, 0.5) is 5.69 Å². The van der Waals surface area contributed by atoms with Gasteiger partial charge in [-0.25, -0.2) is 8.42 Å². The molecule has 2 amide bonds. The van der Waals surface area contributed by atoms with Crippen LogP contribution < -0.4 is 9.62 Å². The van der Waals surface area contributed by atoms with Crippen molar-refractivity contribution < 1.29 is 18.0 Å². The molecule has 0 saturated heterocycles. The summed E-state index contributed by atoms with van der Waals surface area (Å²) in [6.45, 7) is 5.21. The Morgan fingerprint density at radius 3 is 2.15 bits per heavy atom. The Bertz CT molecular complexity index is 1440. The van der Waals surface area contributed by atoms with Crippen LogP contribution in [0.15, 0.2) is 82.2 Å². The summed E-state index contributed by atoms with van der Waals surface area (Å²) in [5, 5.41) is 3.13. The van der Waals surface area contributed by atoms with E-state index in [1.54, 1.807) is 37.3 Å². The molecule has 1 aliphatic rings. The lowest BCUT2D eigenvalue weighted by atomic mass is 9.95. The maximum Gasteiger partial charge on any atom is 0.264 e. The third-order valence-corrected chi connectivity index (χ3v) is 9.81. The summed E-state index contributed by atoms with van der Waals surface area (Å²) >= 11 is 3.44. The van der Waals surface area contributed by atoms with E-state index >= 15 is 0 Å². The standard InChI is InChI=1S/C32H38BrN3O4S/c1-23-18-24(2)20-29(19-23)36(41(39,40)30-12-8-5-9-13-30)22-31(37)35(21-26-14-16-27(33)17-15-26)25(3)32(38)34-28-10-6-4-7-11-28/h5,8-9,12-20,25,28H,4,6-7,10-11,21-22H2,1-3H3,(H,34,38)/t25-/m1/s1. The number of nitrogens with zero attached hydrogens (tertiary/aromatic N) is 2. The predicted molar refractivity (Wildman–Crippen MR) is 166 cm³/mol. The number of hydrogen-bond donors (Lipinski definition) is 1. The summed E-state index contributed by atoms with van der Waals surface area (Å²) < 4.78 is 30.0. The van der Waals surface area contributed by atoms with Crippen molar-refractivity contribution in [2.45, 2.75) is 76.4 Å². The molecule has 1 fully saturated rings. The first-order chi connectivity index (χ1) is 19.5. The summed E-state index contributed by atoms with van der Waals surface area (Å²) in [5.41, 5.74) is 3.01. The highest BCUT2D eigenvalue weighted by Gasteiger charge is 2.33. The summed E-state index contributed by atoms with van der Waals surface area (Å²) in [7, 11) is -4.08. The molecule has 0 aliphatic heterocycles. The summed E-state index contributed by atoms with van der Waals surface area (Å²) in [5.74, 6) is -0.691. The Balaban J connectivity index is 1.68. The Morgan fingerprint density at radius 2 is 1.54 bits per heavy atom. The summed E-state index contributed by atoms with van der Waals surface area (Å²) in [4.78, 5) is 29.1. The van der Waals surface area contributed by atoms with E-state index < -0.39 is 28.5 Å². The van der Waals surface area contributed by atoms with Crippen molar-refractivity contribution in [2.75, 3.05) is 10.8 Å². The number of halogens is 1. The molecule has 0 bridgehead atoms. The molecule has 41 heavy (non-hydrogen) atoms. The number of hydrogen-bond acceptors (Lipinski definition) is 4. The molecule has 9 heteroatoms. The lowest BCUT2D eigenvalue weighted by Crippen LogP contribution is -2.53. The largest absolute Gasteiger partial charge is 0.352 e. The normalized spacial score (nSPS) is 14.7. The van der Waals surface area contributed by atoms with Crippen molar-refractivity contribution in [1.82, 2.24) is 10.2 Å². The minimum atomic E-state index is -4.08. The van der Waals surface area contributed by atoms with Gasteiger partial charge in [0.2, 0.25) is 11.8 Å². The van der Waals surface area contributed by atoms with Gasteiger partial charge in [-0.2, -0.15) is 0 Å². The van der Waals surface area contributed by atoms with Gasteiger partial charge in [0.25, 0.3) is 10.0 Å². The van der Waals surface area contributed by atoms with Gasteiger partial charge in [0.1, 0.15) is 12.6 Å². The van der Waals surface area contributed by atoms with Crippen molar-refractivity contribution in [3.8, 4) is 0 Å². The molecular weight excluding hydrogens is 602 g/mol. The first-order valence-electron chi connectivity index (χ1n) is 14.0. The number of carbonyl (C=O) groups is 2. The first-order valence-corrected chi connectivity index (χ1v) is 16.3. The lowest BCUT2D eigenvalue weighted by Gasteiger charge is -2.33. The Hall–Kier alpha value is -3.17. The Kier molecular flexibility index (Phi) is 10.3. The molecule has 0 heterocycles. The SMILES string of the molecule is Cc1cc(C)cc(N(CC(=O)N(Cc2ccc(Br)cc2)[C@H](C)C(=O)NC2CCCCC2)S(=O)(=O)c2ccccc2)c1. The second kappa shape index (κ2) is 13.7. The van der Waals surface area contributed by atoms with Crippen molar-refractivity contribution in [2.24, 2.45) is 0 Å². The highest BCUT2D eigenvalue weighted by Crippen LogP contribution is 2.27. The molecule has 0 aromatic heterocycles. The molecule has 218 valence electrons. The van der Waals surface area contributed by atoms with Crippen molar-refractivity contribution in [3.05, 3.63) is 94.0 Å². The van der Waals surface area contributed by atoms with Crippen molar-refractivity contribution >= 4 is 43.5 Å². The van der Waals surface area contributed by atoms with Crippen LogP contribution >= 0.6 is 15.9 Å². The van der Waals surface area contributed by atoms with Gasteiger partial charge in [0.05, 0.1) is 10.6 Å². The van der Waals surface area contributed by atoms with Crippen LogP contribution in [-0.2, 0) is 26.2 Å². The molecule has 1 N–H and O–H groups in total. The van der Waals surface area contributed by atoms with Crippen LogP contribution in [0.25, 0.3) is 0 Å². The number of benzene rings is 3. The number of amides is 2. The minimum absolute atomic E-state index is 0.0913.